The summed E-state index contributed by atoms with van der Waals surface area (Å²) in [6.07, 6.45) is 2.50. The molecule has 2 aromatic rings. The Morgan fingerprint density at radius 3 is 3.13 bits per heavy atom. The van der Waals surface area contributed by atoms with Crippen molar-refractivity contribution >= 4 is 11.3 Å². The fourth-order valence-electron chi connectivity index (χ4n) is 1.31. The standard InChI is InChI=1S/C10H13N3OS/c11-7(5-14)4-10-13-9(6-15-10)8-2-1-3-12-8/h1-3,6-7,12,14H,4-5,11H2. The number of nitrogens with zero attached hydrogens (tertiary/aromatic N) is 1. The Bertz CT molecular complexity index is 410. The molecule has 2 aromatic heterocycles. The van der Waals surface area contributed by atoms with Crippen LogP contribution in [0.3, 0.4) is 0 Å². The average Bonchev–Trinajstić information content (AvgIpc) is 2.85. The van der Waals surface area contributed by atoms with Crippen LogP contribution in [-0.4, -0.2) is 27.7 Å². The normalized spacial score (nSPS) is 12.9. The second kappa shape index (κ2) is 4.57. The SMILES string of the molecule is NC(CO)Cc1nc(-c2ccc[nH]2)cs1. The van der Waals surface area contributed by atoms with E-state index in [4.69, 9.17) is 10.8 Å². The minimum Gasteiger partial charge on any atom is -0.395 e. The monoisotopic (exact) mass is 223 g/mol. The van der Waals surface area contributed by atoms with E-state index >= 15 is 0 Å². The first kappa shape index (κ1) is 10.4. The number of aromatic nitrogens is 2. The lowest BCUT2D eigenvalue weighted by molar-refractivity contribution is 0.265. The van der Waals surface area contributed by atoms with E-state index in [0.29, 0.717) is 6.42 Å². The van der Waals surface area contributed by atoms with Crippen LogP contribution in [0.2, 0.25) is 0 Å². The van der Waals surface area contributed by atoms with E-state index in [-0.39, 0.29) is 12.6 Å². The Balaban J connectivity index is 2.11. The van der Waals surface area contributed by atoms with E-state index in [1.807, 2.05) is 23.7 Å². The molecule has 0 fully saturated rings. The molecule has 2 heterocycles. The number of hydrogen-bond acceptors (Lipinski definition) is 4. The van der Waals surface area contributed by atoms with E-state index in [1.165, 1.54) is 0 Å². The number of nitrogens with two attached hydrogens (primary N) is 1. The van der Waals surface area contributed by atoms with Crippen molar-refractivity contribution in [2.24, 2.45) is 5.73 Å². The predicted molar refractivity (Wildman–Crippen MR) is 60.7 cm³/mol. The van der Waals surface area contributed by atoms with E-state index in [2.05, 4.69) is 9.97 Å². The van der Waals surface area contributed by atoms with Crippen LogP contribution >= 0.6 is 11.3 Å². The summed E-state index contributed by atoms with van der Waals surface area (Å²) in [5.41, 5.74) is 7.59. The van der Waals surface area contributed by atoms with Gasteiger partial charge < -0.3 is 15.8 Å². The second-order valence-corrected chi connectivity index (χ2v) is 4.30. The number of hydrogen-bond donors (Lipinski definition) is 3. The summed E-state index contributed by atoms with van der Waals surface area (Å²) < 4.78 is 0. The lowest BCUT2D eigenvalue weighted by Gasteiger charge is -2.03. The minimum atomic E-state index is -0.215. The van der Waals surface area contributed by atoms with Crippen molar-refractivity contribution in [1.82, 2.24) is 9.97 Å². The molecule has 15 heavy (non-hydrogen) atoms. The minimum absolute atomic E-state index is 0.00256. The first-order chi connectivity index (χ1) is 7.29. The molecule has 0 amide bonds. The molecule has 0 saturated heterocycles. The van der Waals surface area contributed by atoms with Crippen LogP contribution in [0.1, 0.15) is 5.01 Å². The Kier molecular flexibility index (Phi) is 3.15. The summed E-state index contributed by atoms with van der Waals surface area (Å²) in [5, 5.41) is 11.8. The number of aliphatic hydroxyl groups is 1. The van der Waals surface area contributed by atoms with Crippen LogP contribution < -0.4 is 5.73 Å². The molecule has 2 rings (SSSR count). The third-order valence-electron chi connectivity index (χ3n) is 2.10. The van der Waals surface area contributed by atoms with Crippen LogP contribution in [0.15, 0.2) is 23.7 Å². The highest BCUT2D eigenvalue weighted by atomic mass is 32.1. The first-order valence-electron chi connectivity index (χ1n) is 4.74. The molecule has 1 unspecified atom stereocenters. The number of aromatic amines is 1. The third-order valence-corrected chi connectivity index (χ3v) is 2.97. The van der Waals surface area contributed by atoms with Gasteiger partial charge in [0.2, 0.25) is 0 Å². The topological polar surface area (TPSA) is 74.9 Å². The van der Waals surface area contributed by atoms with Crippen molar-refractivity contribution < 1.29 is 5.11 Å². The van der Waals surface area contributed by atoms with Crippen LogP contribution in [-0.2, 0) is 6.42 Å². The quantitative estimate of drug-likeness (QED) is 0.724. The molecule has 4 nitrogen and oxygen atoms in total. The zero-order valence-corrected chi connectivity index (χ0v) is 9.00. The summed E-state index contributed by atoms with van der Waals surface area (Å²) in [6.45, 7) is -0.00256. The van der Waals surface area contributed by atoms with Crippen LogP contribution in [0.4, 0.5) is 0 Å². The maximum Gasteiger partial charge on any atom is 0.0976 e. The fraction of sp³-hybridized carbons (Fsp3) is 0.300. The number of nitrogens with one attached hydrogen (secondary N) is 1. The van der Waals surface area contributed by atoms with Gasteiger partial charge in [-0.05, 0) is 12.1 Å². The average molecular weight is 223 g/mol. The van der Waals surface area contributed by atoms with Gasteiger partial charge in [0.25, 0.3) is 0 Å². The third kappa shape index (κ3) is 2.44. The lowest BCUT2D eigenvalue weighted by Crippen LogP contribution is -2.26. The number of H-pyrrole nitrogens is 1. The number of rotatable bonds is 4. The van der Waals surface area contributed by atoms with E-state index < -0.39 is 0 Å². The summed E-state index contributed by atoms with van der Waals surface area (Å²) in [6, 6.07) is 3.70. The maximum atomic E-state index is 8.83. The van der Waals surface area contributed by atoms with Gasteiger partial charge in [-0.1, -0.05) is 0 Å². The van der Waals surface area contributed by atoms with E-state index in [1.54, 1.807) is 11.3 Å². The predicted octanol–water partition coefficient (Wildman–Crippen LogP) is 1.00. The lowest BCUT2D eigenvalue weighted by atomic mass is 10.2. The molecule has 4 N–H and O–H groups in total. The van der Waals surface area contributed by atoms with Gasteiger partial charge in [-0.2, -0.15) is 0 Å². The first-order valence-corrected chi connectivity index (χ1v) is 5.62. The summed E-state index contributed by atoms with van der Waals surface area (Å²) in [5.74, 6) is 0. The molecule has 80 valence electrons. The highest BCUT2D eigenvalue weighted by molar-refractivity contribution is 7.09. The van der Waals surface area contributed by atoms with E-state index in [0.717, 1.165) is 16.4 Å². The van der Waals surface area contributed by atoms with Gasteiger partial charge >= 0.3 is 0 Å². The highest BCUT2D eigenvalue weighted by Gasteiger charge is 2.08. The summed E-state index contributed by atoms with van der Waals surface area (Å²) in [7, 11) is 0. The van der Waals surface area contributed by atoms with Gasteiger partial charge in [0.1, 0.15) is 0 Å². The van der Waals surface area contributed by atoms with Crippen LogP contribution in [0.5, 0.6) is 0 Å². The molecule has 0 aromatic carbocycles. The molecule has 0 aliphatic rings. The van der Waals surface area contributed by atoms with E-state index in [9.17, 15) is 0 Å². The zero-order valence-electron chi connectivity index (χ0n) is 8.18. The molecular weight excluding hydrogens is 210 g/mol. The Morgan fingerprint density at radius 1 is 1.60 bits per heavy atom. The van der Waals surface area contributed by atoms with Crippen molar-refractivity contribution in [1.29, 1.82) is 0 Å². The molecule has 0 bridgehead atoms. The fourth-order valence-corrected chi connectivity index (χ4v) is 2.20. The summed E-state index contributed by atoms with van der Waals surface area (Å²) in [4.78, 5) is 7.53. The number of aliphatic hydroxyl groups excluding tert-OH is 1. The second-order valence-electron chi connectivity index (χ2n) is 3.36. The van der Waals surface area contributed by atoms with Crippen molar-refractivity contribution in [2.75, 3.05) is 6.61 Å². The van der Waals surface area contributed by atoms with Gasteiger partial charge in [-0.15, -0.1) is 11.3 Å². The van der Waals surface area contributed by atoms with Crippen LogP contribution in [0, 0.1) is 0 Å². The van der Waals surface area contributed by atoms with Crippen molar-refractivity contribution in [2.45, 2.75) is 12.5 Å². The van der Waals surface area contributed by atoms with Crippen molar-refractivity contribution in [3.05, 3.63) is 28.7 Å². The Labute approximate surface area is 91.8 Å². The molecule has 1 atom stereocenters. The van der Waals surface area contributed by atoms with Crippen molar-refractivity contribution in [3.8, 4) is 11.4 Å². The van der Waals surface area contributed by atoms with Crippen LogP contribution in [0.25, 0.3) is 11.4 Å². The van der Waals surface area contributed by atoms with Gasteiger partial charge in [0, 0.05) is 24.0 Å². The number of thiazole rings is 1. The molecule has 0 aliphatic heterocycles. The molecule has 0 spiro atoms. The Hall–Kier alpha value is -1.17. The molecular formula is C10H13N3OS. The highest BCUT2D eigenvalue weighted by Crippen LogP contribution is 2.20. The molecule has 0 aliphatic carbocycles. The summed E-state index contributed by atoms with van der Waals surface area (Å²) >= 11 is 1.57. The van der Waals surface area contributed by atoms with Gasteiger partial charge in [-0.3, -0.25) is 0 Å². The largest absolute Gasteiger partial charge is 0.395 e. The molecule has 0 saturated carbocycles. The Morgan fingerprint density at radius 2 is 2.47 bits per heavy atom. The maximum absolute atomic E-state index is 8.83. The van der Waals surface area contributed by atoms with Crippen molar-refractivity contribution in [3.63, 3.8) is 0 Å². The molecule has 0 radical (unpaired) electrons. The van der Waals surface area contributed by atoms with Gasteiger partial charge in [0.05, 0.1) is 23.0 Å². The zero-order chi connectivity index (χ0) is 10.7. The molecule has 5 heteroatoms. The van der Waals surface area contributed by atoms with Gasteiger partial charge in [-0.25, -0.2) is 4.98 Å². The van der Waals surface area contributed by atoms with Gasteiger partial charge in [0.15, 0.2) is 0 Å². The smallest absolute Gasteiger partial charge is 0.0976 e.